The van der Waals surface area contributed by atoms with Gasteiger partial charge in [0.2, 0.25) is 10.0 Å². The van der Waals surface area contributed by atoms with Gasteiger partial charge < -0.3 is 34.1 Å². The molecule has 6 atom stereocenters. The van der Waals surface area contributed by atoms with Crippen LogP contribution in [0, 0.1) is 17.8 Å². The van der Waals surface area contributed by atoms with Gasteiger partial charge in [-0.15, -0.1) is 0 Å². The van der Waals surface area contributed by atoms with Crippen LogP contribution in [-0.4, -0.2) is 101 Å². The Kier molecular flexibility index (Phi) is 15.6. The minimum Gasteiger partial charge on any atom is -0.487 e. The Labute approximate surface area is 363 Å². The van der Waals surface area contributed by atoms with Crippen LogP contribution in [0.2, 0.25) is 5.02 Å². The second kappa shape index (κ2) is 20.2. The number of piperidine rings is 1. The molecule has 60 heavy (non-hydrogen) atoms. The first kappa shape index (κ1) is 46.2. The molecule has 3 aliphatic heterocycles. The molecule has 4 aliphatic rings. The number of anilines is 1. The lowest BCUT2D eigenvalue weighted by Gasteiger charge is -2.50. The van der Waals surface area contributed by atoms with E-state index in [0.717, 1.165) is 68.2 Å². The second-order valence-corrected chi connectivity index (χ2v) is 20.8. The van der Waals surface area contributed by atoms with Crippen molar-refractivity contribution >= 4 is 39.3 Å². The number of carbonyl (C=O) groups excluding carboxylic acids is 2. The van der Waals surface area contributed by atoms with Crippen LogP contribution in [0.3, 0.4) is 0 Å². The highest BCUT2D eigenvalue weighted by Gasteiger charge is 2.48. The topological polar surface area (TPSA) is 136 Å². The highest BCUT2D eigenvalue weighted by Crippen LogP contribution is 2.46. The number of sulfonamides is 1. The van der Waals surface area contributed by atoms with Gasteiger partial charge in [0, 0.05) is 56.5 Å². The van der Waals surface area contributed by atoms with E-state index in [1.807, 2.05) is 50.8 Å². The summed E-state index contributed by atoms with van der Waals surface area (Å²) in [6.07, 6.45) is 11.9. The molecular weight excluding hydrogens is 804 g/mol. The summed E-state index contributed by atoms with van der Waals surface area (Å²) in [7, 11) is -2.36. The fourth-order valence-electron chi connectivity index (χ4n) is 9.10. The number of aryl methyl sites for hydroxylation is 1. The maximum absolute atomic E-state index is 13.7. The summed E-state index contributed by atoms with van der Waals surface area (Å²) < 4.78 is 54.7. The van der Waals surface area contributed by atoms with E-state index >= 15 is 0 Å². The van der Waals surface area contributed by atoms with Crippen molar-refractivity contribution in [3.8, 4) is 5.75 Å². The normalized spacial score (nSPS) is 28.1. The summed E-state index contributed by atoms with van der Waals surface area (Å²) in [5.74, 6) is -0.00306. The van der Waals surface area contributed by atoms with Crippen LogP contribution in [0.1, 0.15) is 107 Å². The fraction of sp³-hybridized carbons (Fsp3) is 0.652. The van der Waals surface area contributed by atoms with Gasteiger partial charge in [0.25, 0.3) is 5.91 Å². The predicted octanol–water partition coefficient (Wildman–Crippen LogP) is 7.91. The fourth-order valence-corrected chi connectivity index (χ4v) is 10.6. The number of benzene rings is 2. The molecule has 14 heteroatoms. The van der Waals surface area contributed by atoms with Gasteiger partial charge >= 0.3 is 6.09 Å². The molecule has 12 nitrogen and oxygen atoms in total. The van der Waals surface area contributed by atoms with Crippen LogP contribution in [0.15, 0.2) is 48.6 Å². The average Bonchev–Trinajstić information content (AvgIpc) is 3.21. The van der Waals surface area contributed by atoms with Crippen molar-refractivity contribution in [2.45, 2.75) is 122 Å². The number of carbonyl (C=O) groups is 2. The molecule has 0 spiro atoms. The van der Waals surface area contributed by atoms with E-state index in [9.17, 15) is 18.0 Å². The Hall–Kier alpha value is -3.36. The summed E-state index contributed by atoms with van der Waals surface area (Å²) >= 11 is 6.43. The number of halogens is 1. The highest BCUT2D eigenvalue weighted by atomic mass is 35.5. The zero-order valence-corrected chi connectivity index (χ0v) is 38.0. The molecular formula is C46H67ClN4O8S. The van der Waals surface area contributed by atoms with Gasteiger partial charge in [0.1, 0.15) is 23.6 Å². The summed E-state index contributed by atoms with van der Waals surface area (Å²) in [6, 6.07) is 11.1. The monoisotopic (exact) mass is 870 g/mol. The molecule has 3 heterocycles. The zero-order valence-electron chi connectivity index (χ0n) is 36.5. The van der Waals surface area contributed by atoms with Gasteiger partial charge in [-0.25, -0.2) is 17.9 Å². The van der Waals surface area contributed by atoms with Crippen molar-refractivity contribution in [1.29, 1.82) is 0 Å². The summed E-state index contributed by atoms with van der Waals surface area (Å²) in [5, 5.41) is 3.61. The van der Waals surface area contributed by atoms with Crippen LogP contribution in [0.4, 0.5) is 10.5 Å². The number of fused-ring (bicyclic) bond motifs is 3. The number of allylic oxidation sites excluding steroid dienone is 1. The standard InChI is InChI=1S/C46H67ClN4O8S/c1-32-12-11-21-46(58-25-24-56-6,31-48-28-39-14-8-10-23-51(39)44(53)59-45(3,4)5)40-19-16-36(40)29-50-22-9-7-13-34-26-38(47)18-15-37(34)30-57-42-20-17-35(27-41(42)50)43(52)49-60(54,55)33(32)2/h11,15,17-18,20-21,26-27,32-33,36,39-40,48H,7-10,12-14,16,19,22-25,28-31H2,1-6H3,(H,49,52)/b21-11+/t32-,33+,36-,39+,40+,46+/m0/s1. The molecule has 1 saturated heterocycles. The highest BCUT2D eigenvalue weighted by molar-refractivity contribution is 7.90. The van der Waals surface area contributed by atoms with Crippen LogP contribution < -0.4 is 19.7 Å². The number of likely N-dealkylation sites (tertiary alicyclic amines) is 1. The Morgan fingerprint density at radius 3 is 2.57 bits per heavy atom. The summed E-state index contributed by atoms with van der Waals surface area (Å²) in [6.45, 7) is 13.5. The molecule has 0 radical (unpaired) electrons. The lowest BCUT2D eigenvalue weighted by molar-refractivity contribution is -0.106. The lowest BCUT2D eigenvalue weighted by atomic mass is 9.64. The number of hydrogen-bond donors (Lipinski definition) is 2. The first-order valence-corrected chi connectivity index (χ1v) is 23.9. The molecule has 2 aromatic carbocycles. The van der Waals surface area contributed by atoms with Crippen LogP contribution in [-0.2, 0) is 37.3 Å². The molecule has 0 unspecified atom stereocenters. The number of ether oxygens (including phenoxy) is 4. The quantitative estimate of drug-likeness (QED) is 0.199. The van der Waals surface area contributed by atoms with E-state index in [1.165, 1.54) is 0 Å². The van der Waals surface area contributed by atoms with Crippen LogP contribution in [0.5, 0.6) is 5.75 Å². The van der Waals surface area contributed by atoms with Crippen molar-refractivity contribution in [2.75, 3.05) is 57.9 Å². The van der Waals surface area contributed by atoms with Crippen molar-refractivity contribution < 1.29 is 37.0 Å². The van der Waals surface area contributed by atoms with E-state index in [2.05, 4.69) is 27.1 Å². The third-order valence-corrected chi connectivity index (χ3v) is 15.0. The SMILES string of the molecule is COCCO[C@@]1(CNC[C@H]2CCCCN2C(=O)OC(C)(C)C)/C=C/C[C@H](C)[C@@H](C)S(=O)(=O)NC(=O)c2ccc3c(c2)N(CCCCc2cc(Cl)ccc2CO3)C[C@@H]2CC[C@H]21. The van der Waals surface area contributed by atoms with Gasteiger partial charge in [0.15, 0.2) is 0 Å². The predicted molar refractivity (Wildman–Crippen MR) is 236 cm³/mol. The van der Waals surface area contributed by atoms with E-state index in [4.69, 9.17) is 30.5 Å². The molecule has 2 aromatic rings. The van der Waals surface area contributed by atoms with Gasteiger partial charge in [0.05, 0.1) is 24.2 Å². The molecule has 6 rings (SSSR count). The Morgan fingerprint density at radius 1 is 1.02 bits per heavy atom. The first-order valence-electron chi connectivity index (χ1n) is 21.9. The first-order chi connectivity index (χ1) is 28.6. The van der Waals surface area contributed by atoms with Gasteiger partial charge in [-0.1, -0.05) is 36.7 Å². The van der Waals surface area contributed by atoms with E-state index in [1.54, 1.807) is 32.2 Å². The van der Waals surface area contributed by atoms with Gasteiger partial charge in [-0.3, -0.25) is 4.79 Å². The molecule has 0 aromatic heterocycles. The number of nitrogens with one attached hydrogen (secondary N) is 2. The number of methoxy groups -OCH3 is 1. The van der Waals surface area contributed by atoms with Gasteiger partial charge in [-0.05, 0) is 145 Å². The van der Waals surface area contributed by atoms with Crippen molar-refractivity contribution in [1.82, 2.24) is 14.9 Å². The molecule has 2 bridgehead atoms. The van der Waals surface area contributed by atoms with Gasteiger partial charge in [-0.2, -0.15) is 0 Å². The number of amides is 2. The van der Waals surface area contributed by atoms with Crippen molar-refractivity contribution in [2.24, 2.45) is 17.8 Å². The lowest BCUT2D eigenvalue weighted by Crippen LogP contribution is -2.58. The summed E-state index contributed by atoms with van der Waals surface area (Å²) in [4.78, 5) is 31.3. The van der Waals surface area contributed by atoms with E-state index < -0.39 is 32.4 Å². The summed E-state index contributed by atoms with van der Waals surface area (Å²) in [5.41, 5.74) is 1.90. The second-order valence-electron chi connectivity index (χ2n) is 18.3. The average molecular weight is 872 g/mol. The zero-order chi connectivity index (χ0) is 43.1. The number of rotatable bonds is 8. The van der Waals surface area contributed by atoms with E-state index in [0.29, 0.717) is 69.7 Å². The molecule has 2 N–H and O–H groups in total. The maximum Gasteiger partial charge on any atom is 0.410 e. The van der Waals surface area contributed by atoms with E-state index in [-0.39, 0.29) is 35.5 Å². The largest absolute Gasteiger partial charge is 0.487 e. The van der Waals surface area contributed by atoms with Crippen molar-refractivity contribution in [3.63, 3.8) is 0 Å². The molecule has 2 fully saturated rings. The smallest absolute Gasteiger partial charge is 0.410 e. The van der Waals surface area contributed by atoms with Crippen molar-refractivity contribution in [3.05, 3.63) is 70.3 Å². The molecule has 1 saturated carbocycles. The third kappa shape index (κ3) is 11.6. The molecule has 332 valence electrons. The Bertz CT molecular complexity index is 1940. The molecule has 1 aliphatic carbocycles. The Balaban J connectivity index is 1.36. The number of hydrogen-bond acceptors (Lipinski definition) is 10. The Morgan fingerprint density at radius 2 is 1.82 bits per heavy atom. The maximum atomic E-state index is 13.7. The minimum absolute atomic E-state index is 0.0238. The van der Waals surface area contributed by atoms with Crippen LogP contribution >= 0.6 is 11.6 Å². The van der Waals surface area contributed by atoms with Crippen LogP contribution in [0.25, 0.3) is 0 Å². The molecule has 2 amide bonds. The number of nitrogens with zero attached hydrogens (tertiary/aromatic N) is 2. The minimum atomic E-state index is -4.03. The third-order valence-electron chi connectivity index (χ3n) is 12.9.